The Morgan fingerprint density at radius 3 is 2.27 bits per heavy atom. The quantitative estimate of drug-likeness (QED) is 0.523. The predicted octanol–water partition coefficient (Wildman–Crippen LogP) is 2.40. The molecule has 1 atom stereocenters. The van der Waals surface area contributed by atoms with E-state index in [1.54, 1.807) is 0 Å². The zero-order chi connectivity index (χ0) is 10.4. The second-order valence-corrected chi connectivity index (χ2v) is 4.35. The molecule has 0 saturated carbocycles. The van der Waals surface area contributed by atoms with Gasteiger partial charge in [-0.25, -0.2) is 0 Å². The summed E-state index contributed by atoms with van der Waals surface area (Å²) >= 11 is 0. The Balaban J connectivity index is 2.38. The third-order valence-corrected chi connectivity index (χ3v) is 3.11. The molecule has 1 aliphatic rings. The summed E-state index contributed by atoms with van der Waals surface area (Å²) in [6, 6.07) is 13.7. The first-order valence-electron chi connectivity index (χ1n) is 4.81. The molecule has 2 aromatic rings. The summed E-state index contributed by atoms with van der Waals surface area (Å²) in [6.07, 6.45) is 0. The van der Waals surface area contributed by atoms with Crippen molar-refractivity contribution in [3.05, 3.63) is 53.6 Å². The third kappa shape index (κ3) is 1.17. The second-order valence-electron chi connectivity index (χ2n) is 3.68. The molecule has 1 nitrogen and oxygen atoms in total. The van der Waals surface area contributed by atoms with Crippen LogP contribution in [0.4, 0.5) is 0 Å². The van der Waals surface area contributed by atoms with Crippen molar-refractivity contribution in [1.29, 1.82) is 0 Å². The predicted molar refractivity (Wildman–Crippen MR) is 64.7 cm³/mol. The van der Waals surface area contributed by atoms with E-state index in [4.69, 9.17) is 0 Å². The van der Waals surface area contributed by atoms with Crippen LogP contribution in [0.1, 0.15) is 15.9 Å². The van der Waals surface area contributed by atoms with Crippen molar-refractivity contribution in [1.82, 2.24) is 0 Å². The van der Waals surface area contributed by atoms with Gasteiger partial charge in [0, 0.05) is 11.1 Å². The number of ketones is 1. The molecule has 0 fully saturated rings. The third-order valence-electron chi connectivity index (χ3n) is 2.75. The number of hydrogen-bond acceptors (Lipinski definition) is 1. The Morgan fingerprint density at radius 2 is 1.47 bits per heavy atom. The number of carbonyl (C=O) groups is 1. The summed E-state index contributed by atoms with van der Waals surface area (Å²) in [5, 5.41) is 1.05. The smallest absolute Gasteiger partial charge is 0.194 e. The maximum Gasteiger partial charge on any atom is 0.194 e. The molecule has 15 heavy (non-hydrogen) atoms. The van der Waals surface area contributed by atoms with Gasteiger partial charge < -0.3 is 0 Å². The van der Waals surface area contributed by atoms with Crippen LogP contribution in [0.25, 0.3) is 11.1 Å². The van der Waals surface area contributed by atoms with E-state index in [9.17, 15) is 4.79 Å². The highest BCUT2D eigenvalue weighted by Crippen LogP contribution is 2.35. The molecule has 1 aliphatic carbocycles. The van der Waals surface area contributed by atoms with Gasteiger partial charge in [-0.15, -0.1) is 9.24 Å². The van der Waals surface area contributed by atoms with Crippen LogP contribution >= 0.6 is 9.24 Å². The zero-order valence-electron chi connectivity index (χ0n) is 8.03. The highest BCUT2D eigenvalue weighted by atomic mass is 31.0. The van der Waals surface area contributed by atoms with E-state index in [0.29, 0.717) is 0 Å². The SMILES string of the molecule is O=C1c2ccccc2-c2ccc(P)cc21. The van der Waals surface area contributed by atoms with Crippen molar-refractivity contribution in [3.8, 4) is 11.1 Å². The molecule has 0 heterocycles. The molecule has 0 spiro atoms. The van der Waals surface area contributed by atoms with Crippen molar-refractivity contribution in [2.75, 3.05) is 0 Å². The van der Waals surface area contributed by atoms with Crippen molar-refractivity contribution < 1.29 is 4.79 Å². The summed E-state index contributed by atoms with van der Waals surface area (Å²) in [5.74, 6) is 0.143. The number of benzene rings is 2. The van der Waals surface area contributed by atoms with Crippen LogP contribution < -0.4 is 5.30 Å². The van der Waals surface area contributed by atoms with Crippen LogP contribution in [0, 0.1) is 0 Å². The molecule has 1 unspecified atom stereocenters. The van der Waals surface area contributed by atoms with E-state index in [-0.39, 0.29) is 5.78 Å². The number of hydrogen-bond donors (Lipinski definition) is 0. The lowest BCUT2D eigenvalue weighted by Gasteiger charge is -1.99. The number of rotatable bonds is 0. The van der Waals surface area contributed by atoms with E-state index in [0.717, 1.165) is 27.6 Å². The molecule has 0 N–H and O–H groups in total. The van der Waals surface area contributed by atoms with Crippen LogP contribution in [-0.2, 0) is 0 Å². The van der Waals surface area contributed by atoms with E-state index >= 15 is 0 Å². The highest BCUT2D eigenvalue weighted by molar-refractivity contribution is 7.27. The van der Waals surface area contributed by atoms with Crippen LogP contribution in [0.3, 0.4) is 0 Å². The molecule has 0 aliphatic heterocycles. The van der Waals surface area contributed by atoms with E-state index in [1.165, 1.54) is 0 Å². The van der Waals surface area contributed by atoms with Crippen LogP contribution in [0.5, 0.6) is 0 Å². The molecule has 72 valence electrons. The lowest BCUT2D eigenvalue weighted by Crippen LogP contribution is -1.98. The molecule has 2 heteroatoms. The van der Waals surface area contributed by atoms with Gasteiger partial charge in [0.2, 0.25) is 0 Å². The summed E-state index contributed by atoms with van der Waals surface area (Å²) in [4.78, 5) is 12.0. The fraction of sp³-hybridized carbons (Fsp3) is 0. The van der Waals surface area contributed by atoms with Gasteiger partial charge in [0.05, 0.1) is 0 Å². The summed E-state index contributed by atoms with van der Waals surface area (Å²) in [5.41, 5.74) is 3.76. The average Bonchev–Trinajstić information content (AvgIpc) is 2.54. The lowest BCUT2D eigenvalue weighted by molar-refractivity contribution is 0.104. The van der Waals surface area contributed by atoms with Gasteiger partial charge in [-0.05, 0) is 22.5 Å². The topological polar surface area (TPSA) is 17.1 Å². The van der Waals surface area contributed by atoms with Gasteiger partial charge in [0.15, 0.2) is 5.78 Å². The zero-order valence-corrected chi connectivity index (χ0v) is 9.18. The van der Waals surface area contributed by atoms with Crippen molar-refractivity contribution in [2.45, 2.75) is 0 Å². The largest absolute Gasteiger partial charge is 0.289 e. The Morgan fingerprint density at radius 1 is 0.800 bits per heavy atom. The van der Waals surface area contributed by atoms with Crippen LogP contribution in [-0.4, -0.2) is 5.78 Å². The van der Waals surface area contributed by atoms with Gasteiger partial charge in [-0.1, -0.05) is 36.4 Å². The minimum Gasteiger partial charge on any atom is -0.289 e. The molecule has 0 amide bonds. The first-order valence-corrected chi connectivity index (χ1v) is 5.39. The molecule has 3 rings (SSSR count). The molecule has 0 aromatic heterocycles. The lowest BCUT2D eigenvalue weighted by atomic mass is 10.1. The molecule has 2 aromatic carbocycles. The Bertz CT molecular complexity index is 572. The molecule has 0 bridgehead atoms. The Kier molecular flexibility index (Phi) is 1.77. The monoisotopic (exact) mass is 212 g/mol. The van der Waals surface area contributed by atoms with Gasteiger partial charge in [-0.3, -0.25) is 4.79 Å². The summed E-state index contributed by atoms with van der Waals surface area (Å²) in [6.45, 7) is 0. The number of carbonyl (C=O) groups excluding carboxylic acids is 1. The van der Waals surface area contributed by atoms with E-state index in [1.807, 2.05) is 42.5 Å². The van der Waals surface area contributed by atoms with E-state index < -0.39 is 0 Å². The maximum atomic E-state index is 12.0. The standard InChI is InChI=1S/C13H9OP/c14-13-11-4-2-1-3-9(11)10-6-5-8(15)7-12(10)13/h1-7H,15H2. The van der Waals surface area contributed by atoms with Gasteiger partial charge in [-0.2, -0.15) is 0 Å². The average molecular weight is 212 g/mol. The van der Waals surface area contributed by atoms with Gasteiger partial charge in [0.1, 0.15) is 0 Å². The summed E-state index contributed by atoms with van der Waals surface area (Å²) < 4.78 is 0. The maximum absolute atomic E-state index is 12.0. The fourth-order valence-corrected chi connectivity index (χ4v) is 2.31. The minimum atomic E-state index is 0.143. The Labute approximate surface area is 90.3 Å². The second kappa shape index (κ2) is 3.01. The van der Waals surface area contributed by atoms with E-state index in [2.05, 4.69) is 9.24 Å². The van der Waals surface area contributed by atoms with Crippen LogP contribution in [0.15, 0.2) is 42.5 Å². The first kappa shape index (κ1) is 8.82. The first-order chi connectivity index (χ1) is 7.27. The van der Waals surface area contributed by atoms with Crippen molar-refractivity contribution >= 4 is 20.3 Å². The fourth-order valence-electron chi connectivity index (χ4n) is 2.05. The number of fused-ring (bicyclic) bond motifs is 3. The van der Waals surface area contributed by atoms with Gasteiger partial charge in [0.25, 0.3) is 0 Å². The minimum absolute atomic E-state index is 0.143. The molecular formula is C13H9OP. The van der Waals surface area contributed by atoms with Gasteiger partial charge >= 0.3 is 0 Å². The normalized spacial score (nSPS) is 12.5. The van der Waals surface area contributed by atoms with Crippen molar-refractivity contribution in [2.24, 2.45) is 0 Å². The highest BCUT2D eigenvalue weighted by Gasteiger charge is 2.25. The molecule has 0 radical (unpaired) electrons. The van der Waals surface area contributed by atoms with Crippen molar-refractivity contribution in [3.63, 3.8) is 0 Å². The summed E-state index contributed by atoms with van der Waals surface area (Å²) in [7, 11) is 2.62. The molecule has 0 saturated heterocycles. The Hall–Kier alpha value is -1.46. The van der Waals surface area contributed by atoms with Crippen LogP contribution in [0.2, 0.25) is 0 Å². The molecular weight excluding hydrogens is 203 g/mol.